The molecular weight excluding hydrogens is 418 g/mol. The Labute approximate surface area is 184 Å². The number of methoxy groups -OCH3 is 1. The van der Waals surface area contributed by atoms with Crippen LogP contribution in [-0.4, -0.2) is 46.4 Å². The first-order chi connectivity index (χ1) is 14.9. The number of hydrogen-bond donors (Lipinski definition) is 2. The summed E-state index contributed by atoms with van der Waals surface area (Å²) in [5.74, 6) is -4.08. The van der Waals surface area contributed by atoms with Crippen LogP contribution < -0.4 is 0 Å². The van der Waals surface area contributed by atoms with E-state index in [9.17, 15) is 19.8 Å². The summed E-state index contributed by atoms with van der Waals surface area (Å²) in [5, 5.41) is 23.9. The number of likely N-dealkylation sites (tertiary alicyclic amines) is 1. The standard InChI is InChI=1S/C23H25NO6S/c1-29-12-13-9-16-20(22(27)24(21(16)26)11-14-5-4-8-31-14)17-10-19(30-23(13,17)28)15-6-2-3-7-18(15)25/h2-8,13,16-17,19-20,25,28H,9-12H2,1H3/t13-,16+,17+,19+,20+,23-/m1/s1. The number of thiophene rings is 1. The predicted molar refractivity (Wildman–Crippen MR) is 112 cm³/mol. The molecule has 3 aliphatic rings. The van der Waals surface area contributed by atoms with Gasteiger partial charge in [-0.05, 0) is 30.4 Å². The molecule has 1 aliphatic carbocycles. The van der Waals surface area contributed by atoms with Crippen molar-refractivity contribution < 1.29 is 29.3 Å². The summed E-state index contributed by atoms with van der Waals surface area (Å²) in [4.78, 5) is 28.9. The molecule has 1 saturated carbocycles. The Morgan fingerprint density at radius 2 is 2.00 bits per heavy atom. The number of carbonyl (C=O) groups excluding carboxylic acids is 2. The molecule has 164 valence electrons. The highest BCUT2D eigenvalue weighted by Gasteiger charge is 2.66. The number of nitrogens with zero attached hydrogens (tertiary/aromatic N) is 1. The fourth-order valence-corrected chi connectivity index (χ4v) is 6.30. The Hall–Kier alpha value is -2.26. The first-order valence-electron chi connectivity index (χ1n) is 10.5. The Morgan fingerprint density at radius 1 is 1.19 bits per heavy atom. The van der Waals surface area contributed by atoms with Crippen molar-refractivity contribution >= 4 is 23.2 Å². The minimum absolute atomic E-state index is 0.0859. The molecule has 3 heterocycles. The lowest BCUT2D eigenvalue weighted by molar-refractivity contribution is -0.275. The smallest absolute Gasteiger partial charge is 0.233 e. The molecule has 8 heteroatoms. The van der Waals surface area contributed by atoms with Crippen LogP contribution in [-0.2, 0) is 25.6 Å². The summed E-state index contributed by atoms with van der Waals surface area (Å²) in [6.45, 7) is 0.474. The van der Waals surface area contributed by atoms with E-state index in [0.717, 1.165) is 4.88 Å². The van der Waals surface area contributed by atoms with Crippen molar-refractivity contribution in [3.05, 3.63) is 52.2 Å². The summed E-state index contributed by atoms with van der Waals surface area (Å²) < 4.78 is 11.5. The van der Waals surface area contributed by atoms with Gasteiger partial charge in [0, 0.05) is 29.4 Å². The Kier molecular flexibility index (Phi) is 5.13. The number of amides is 2. The van der Waals surface area contributed by atoms with E-state index in [4.69, 9.17) is 9.47 Å². The van der Waals surface area contributed by atoms with Gasteiger partial charge in [-0.3, -0.25) is 14.5 Å². The van der Waals surface area contributed by atoms with Crippen molar-refractivity contribution in [2.45, 2.75) is 31.3 Å². The number of benzene rings is 1. The maximum absolute atomic E-state index is 13.4. The third-order valence-corrected chi connectivity index (χ3v) is 7.86. The third-order valence-electron chi connectivity index (χ3n) is 7.00. The molecule has 2 aliphatic heterocycles. The zero-order valence-corrected chi connectivity index (χ0v) is 18.0. The number of imide groups is 1. The molecule has 0 spiro atoms. The lowest BCUT2D eigenvalue weighted by Gasteiger charge is -2.44. The van der Waals surface area contributed by atoms with E-state index in [1.54, 1.807) is 31.4 Å². The molecule has 2 saturated heterocycles. The molecule has 7 nitrogen and oxygen atoms in total. The largest absolute Gasteiger partial charge is 0.508 e. The number of aromatic hydroxyl groups is 1. The summed E-state index contributed by atoms with van der Waals surface area (Å²) in [6.07, 6.45) is 0.106. The Bertz CT molecular complexity index is 994. The second-order valence-corrected chi connectivity index (χ2v) is 9.65. The van der Waals surface area contributed by atoms with E-state index in [0.29, 0.717) is 18.4 Å². The van der Waals surface area contributed by atoms with E-state index in [-0.39, 0.29) is 30.7 Å². The molecule has 6 atom stereocenters. The fourth-order valence-electron chi connectivity index (χ4n) is 5.61. The van der Waals surface area contributed by atoms with Crippen LogP contribution in [0.2, 0.25) is 0 Å². The van der Waals surface area contributed by atoms with Gasteiger partial charge in [0.05, 0.1) is 31.1 Å². The molecule has 5 rings (SSSR count). The average Bonchev–Trinajstić information content (AvgIpc) is 3.44. The number of para-hydroxylation sites is 1. The minimum Gasteiger partial charge on any atom is -0.508 e. The highest BCUT2D eigenvalue weighted by Crippen LogP contribution is 2.58. The highest BCUT2D eigenvalue weighted by molar-refractivity contribution is 7.09. The van der Waals surface area contributed by atoms with Crippen LogP contribution in [0.1, 0.15) is 29.4 Å². The number of hydrogen-bond acceptors (Lipinski definition) is 7. The van der Waals surface area contributed by atoms with Crippen LogP contribution in [0, 0.1) is 23.7 Å². The van der Waals surface area contributed by atoms with Gasteiger partial charge in [-0.2, -0.15) is 0 Å². The van der Waals surface area contributed by atoms with Crippen LogP contribution in [0.5, 0.6) is 5.75 Å². The molecular formula is C23H25NO6S. The van der Waals surface area contributed by atoms with Gasteiger partial charge in [-0.1, -0.05) is 24.3 Å². The zero-order valence-electron chi connectivity index (χ0n) is 17.1. The van der Waals surface area contributed by atoms with Crippen molar-refractivity contribution in [1.29, 1.82) is 0 Å². The number of phenolic OH excluding ortho intramolecular Hbond substituents is 1. The van der Waals surface area contributed by atoms with Crippen molar-refractivity contribution in [2.24, 2.45) is 23.7 Å². The van der Waals surface area contributed by atoms with E-state index >= 15 is 0 Å². The molecule has 0 radical (unpaired) electrons. The monoisotopic (exact) mass is 443 g/mol. The molecule has 0 bridgehead atoms. The van der Waals surface area contributed by atoms with Crippen LogP contribution in [0.15, 0.2) is 41.8 Å². The summed E-state index contributed by atoms with van der Waals surface area (Å²) in [6, 6.07) is 10.7. The quantitative estimate of drug-likeness (QED) is 0.690. The maximum atomic E-state index is 13.4. The third kappa shape index (κ3) is 3.20. The molecule has 0 unspecified atom stereocenters. The van der Waals surface area contributed by atoms with Crippen LogP contribution in [0.4, 0.5) is 0 Å². The van der Waals surface area contributed by atoms with Crippen LogP contribution in [0.3, 0.4) is 0 Å². The van der Waals surface area contributed by atoms with Crippen molar-refractivity contribution in [3.8, 4) is 5.75 Å². The van der Waals surface area contributed by atoms with E-state index < -0.39 is 35.6 Å². The highest BCUT2D eigenvalue weighted by atomic mass is 32.1. The first-order valence-corrected chi connectivity index (χ1v) is 11.4. The molecule has 2 aromatic rings. The van der Waals surface area contributed by atoms with Gasteiger partial charge in [-0.15, -0.1) is 11.3 Å². The van der Waals surface area contributed by atoms with Gasteiger partial charge in [0.2, 0.25) is 11.8 Å². The first kappa shape index (κ1) is 20.6. The summed E-state index contributed by atoms with van der Waals surface area (Å²) in [7, 11) is 1.55. The van der Waals surface area contributed by atoms with Gasteiger partial charge in [0.1, 0.15) is 5.75 Å². The lowest BCUT2D eigenvalue weighted by Crippen LogP contribution is -2.54. The number of aliphatic hydroxyl groups is 1. The predicted octanol–water partition coefficient (Wildman–Crippen LogP) is 2.69. The average molecular weight is 444 g/mol. The molecule has 31 heavy (non-hydrogen) atoms. The number of rotatable bonds is 5. The molecule has 2 amide bonds. The molecule has 1 aromatic heterocycles. The fraction of sp³-hybridized carbons (Fsp3) is 0.478. The molecule has 3 fully saturated rings. The second kappa shape index (κ2) is 7.70. The van der Waals surface area contributed by atoms with E-state index in [2.05, 4.69) is 0 Å². The van der Waals surface area contributed by atoms with Gasteiger partial charge in [0.25, 0.3) is 0 Å². The van der Waals surface area contributed by atoms with Crippen molar-refractivity contribution in [1.82, 2.24) is 4.90 Å². The van der Waals surface area contributed by atoms with Gasteiger partial charge in [0.15, 0.2) is 5.79 Å². The normalized spacial score (nSPS) is 34.8. The van der Waals surface area contributed by atoms with E-state index in [1.165, 1.54) is 16.2 Å². The lowest BCUT2D eigenvalue weighted by atomic mass is 9.64. The number of phenols is 1. The maximum Gasteiger partial charge on any atom is 0.233 e. The minimum atomic E-state index is -1.60. The van der Waals surface area contributed by atoms with Gasteiger partial charge in [-0.25, -0.2) is 0 Å². The van der Waals surface area contributed by atoms with Gasteiger partial charge < -0.3 is 19.7 Å². The van der Waals surface area contributed by atoms with E-state index in [1.807, 2.05) is 17.5 Å². The second-order valence-electron chi connectivity index (χ2n) is 8.62. The number of fused-ring (bicyclic) bond motifs is 3. The topological polar surface area (TPSA) is 96.3 Å². The SMILES string of the molecule is COC[C@H]1C[C@@H]2C(=O)N(Cc3cccs3)C(=O)[C@@H]2[C@@H]2C[C@@H](c3ccccc3O)O[C@]12O. The number of ether oxygens (including phenoxy) is 2. The zero-order chi connectivity index (χ0) is 21.8. The summed E-state index contributed by atoms with van der Waals surface area (Å²) >= 11 is 1.51. The Morgan fingerprint density at radius 3 is 2.71 bits per heavy atom. The van der Waals surface area contributed by atoms with Crippen LogP contribution in [0.25, 0.3) is 0 Å². The molecule has 1 aromatic carbocycles. The molecule has 2 N–H and O–H groups in total. The van der Waals surface area contributed by atoms with Crippen LogP contribution >= 0.6 is 11.3 Å². The van der Waals surface area contributed by atoms with Crippen molar-refractivity contribution in [3.63, 3.8) is 0 Å². The number of carbonyl (C=O) groups is 2. The van der Waals surface area contributed by atoms with Crippen molar-refractivity contribution in [2.75, 3.05) is 13.7 Å². The Balaban J connectivity index is 1.49. The summed E-state index contributed by atoms with van der Waals surface area (Å²) in [5.41, 5.74) is 0.574. The van der Waals surface area contributed by atoms with Gasteiger partial charge >= 0.3 is 0 Å².